The molecule has 2 aliphatic heterocycles. The number of anilines is 1. The molecule has 4 heterocycles. The van der Waals surface area contributed by atoms with Gasteiger partial charge in [0.05, 0.1) is 28.6 Å². The topological polar surface area (TPSA) is 126 Å². The summed E-state index contributed by atoms with van der Waals surface area (Å²) in [7, 11) is 0. The monoisotopic (exact) mass is 538 g/mol. The van der Waals surface area contributed by atoms with Gasteiger partial charge in [-0.2, -0.15) is 5.10 Å². The highest BCUT2D eigenvalue weighted by atomic mass is 16.2. The van der Waals surface area contributed by atoms with Crippen LogP contribution in [0.1, 0.15) is 82.5 Å². The smallest absolute Gasteiger partial charge is 0.262 e. The van der Waals surface area contributed by atoms with Crippen molar-refractivity contribution in [3.05, 3.63) is 65.1 Å². The predicted molar refractivity (Wildman–Crippen MR) is 146 cm³/mol. The second-order valence-corrected chi connectivity index (χ2v) is 11.4. The number of hydrogen-bond donors (Lipinski definition) is 2. The highest BCUT2D eigenvalue weighted by Gasteiger charge is 2.44. The van der Waals surface area contributed by atoms with E-state index in [1.807, 2.05) is 12.3 Å². The van der Waals surface area contributed by atoms with Crippen LogP contribution in [-0.4, -0.2) is 55.9 Å². The van der Waals surface area contributed by atoms with Crippen molar-refractivity contribution in [1.29, 1.82) is 0 Å². The maximum Gasteiger partial charge on any atom is 0.262 e. The van der Waals surface area contributed by atoms with Gasteiger partial charge in [0.15, 0.2) is 0 Å². The van der Waals surface area contributed by atoms with Gasteiger partial charge < -0.3 is 5.32 Å². The largest absolute Gasteiger partial charge is 0.385 e. The van der Waals surface area contributed by atoms with Crippen molar-refractivity contribution in [3.63, 3.8) is 0 Å². The molecule has 0 radical (unpaired) electrons. The molecular weight excluding hydrogens is 508 g/mol. The molecule has 4 aliphatic rings. The third-order valence-corrected chi connectivity index (χ3v) is 8.61. The first-order valence-corrected chi connectivity index (χ1v) is 14.0. The molecule has 1 unspecified atom stereocenters. The summed E-state index contributed by atoms with van der Waals surface area (Å²) >= 11 is 0. The third-order valence-electron chi connectivity index (χ3n) is 8.61. The van der Waals surface area contributed by atoms with E-state index in [9.17, 15) is 19.2 Å². The first kappa shape index (κ1) is 24.7. The molecule has 40 heavy (non-hydrogen) atoms. The average Bonchev–Trinajstić information content (AvgIpc) is 3.63. The van der Waals surface area contributed by atoms with Gasteiger partial charge in [-0.05, 0) is 74.8 Å². The van der Waals surface area contributed by atoms with E-state index in [1.165, 1.54) is 18.5 Å². The van der Waals surface area contributed by atoms with E-state index in [2.05, 4.69) is 39.5 Å². The Morgan fingerprint density at radius 1 is 1.00 bits per heavy atom. The molecule has 7 rings (SSSR count). The first-order valence-electron chi connectivity index (χ1n) is 14.0. The number of fused-ring (bicyclic) bond motifs is 1. The average molecular weight is 539 g/mol. The molecule has 2 aromatic heterocycles. The summed E-state index contributed by atoms with van der Waals surface area (Å²) in [5, 5.41) is 10.7. The number of nitrogens with zero attached hydrogens (tertiary/aromatic N) is 4. The quantitative estimate of drug-likeness (QED) is 0.440. The molecule has 1 saturated heterocycles. The number of amides is 4. The fraction of sp³-hybridized carbons (Fsp3) is 0.400. The highest BCUT2D eigenvalue weighted by molar-refractivity contribution is 6.23. The normalized spacial score (nSPS) is 24.1. The van der Waals surface area contributed by atoms with Crippen molar-refractivity contribution in [2.24, 2.45) is 5.92 Å². The Hall–Kier alpha value is -4.34. The van der Waals surface area contributed by atoms with Crippen LogP contribution in [0.3, 0.4) is 0 Å². The summed E-state index contributed by atoms with van der Waals surface area (Å²) in [5.41, 5.74) is 5.85. The Bertz CT molecular complexity index is 1570. The van der Waals surface area contributed by atoms with Gasteiger partial charge in [-0.1, -0.05) is 6.07 Å². The van der Waals surface area contributed by atoms with Crippen LogP contribution in [0.2, 0.25) is 0 Å². The molecule has 2 saturated carbocycles. The lowest BCUT2D eigenvalue weighted by Gasteiger charge is -2.35. The number of nitrogens with one attached hydrogen (secondary N) is 2. The van der Waals surface area contributed by atoms with Crippen molar-refractivity contribution < 1.29 is 19.2 Å². The maximum absolute atomic E-state index is 13.1. The Morgan fingerprint density at radius 2 is 1.80 bits per heavy atom. The van der Waals surface area contributed by atoms with Gasteiger partial charge >= 0.3 is 0 Å². The van der Waals surface area contributed by atoms with Gasteiger partial charge in [-0.25, -0.2) is 0 Å². The summed E-state index contributed by atoms with van der Waals surface area (Å²) in [6.45, 7) is 2.84. The minimum atomic E-state index is -0.960. The molecule has 204 valence electrons. The van der Waals surface area contributed by atoms with Crippen molar-refractivity contribution in [1.82, 2.24) is 25.0 Å². The predicted octanol–water partition coefficient (Wildman–Crippen LogP) is 3.60. The molecule has 2 aliphatic carbocycles. The van der Waals surface area contributed by atoms with E-state index in [0.717, 1.165) is 46.8 Å². The molecular formula is C30H30N6O4. The summed E-state index contributed by atoms with van der Waals surface area (Å²) in [6, 6.07) is 8.57. The van der Waals surface area contributed by atoms with Gasteiger partial charge in [0.2, 0.25) is 11.8 Å². The second-order valence-electron chi connectivity index (χ2n) is 11.4. The molecule has 3 fully saturated rings. The van der Waals surface area contributed by atoms with E-state index in [1.54, 1.807) is 18.2 Å². The molecule has 10 nitrogen and oxygen atoms in total. The van der Waals surface area contributed by atoms with Crippen LogP contribution < -0.4 is 10.6 Å². The van der Waals surface area contributed by atoms with Crippen LogP contribution in [0.15, 0.2) is 42.7 Å². The molecule has 0 spiro atoms. The fourth-order valence-corrected chi connectivity index (χ4v) is 6.13. The zero-order valence-corrected chi connectivity index (χ0v) is 22.2. The van der Waals surface area contributed by atoms with Crippen molar-refractivity contribution >= 4 is 29.3 Å². The van der Waals surface area contributed by atoms with Crippen LogP contribution in [0, 0.1) is 12.8 Å². The number of aryl methyl sites for hydroxylation is 1. The Kier molecular flexibility index (Phi) is 5.80. The third kappa shape index (κ3) is 4.18. The zero-order chi connectivity index (χ0) is 27.5. The van der Waals surface area contributed by atoms with Gasteiger partial charge in [-0.15, -0.1) is 0 Å². The van der Waals surface area contributed by atoms with Crippen LogP contribution in [0.4, 0.5) is 5.69 Å². The lowest BCUT2D eigenvalue weighted by atomic mass is 9.80. The number of piperidine rings is 1. The van der Waals surface area contributed by atoms with Gasteiger partial charge in [0.1, 0.15) is 6.04 Å². The van der Waals surface area contributed by atoms with Crippen molar-refractivity contribution in [2.45, 2.75) is 63.5 Å². The molecule has 1 atom stereocenters. The van der Waals surface area contributed by atoms with Crippen LogP contribution in [-0.2, 0) is 9.59 Å². The summed E-state index contributed by atoms with van der Waals surface area (Å²) in [5.74, 6) is -0.979. The van der Waals surface area contributed by atoms with E-state index in [4.69, 9.17) is 5.10 Å². The lowest BCUT2D eigenvalue weighted by Crippen LogP contribution is -2.54. The summed E-state index contributed by atoms with van der Waals surface area (Å²) < 4.78 is 2.14. The van der Waals surface area contributed by atoms with E-state index in [-0.39, 0.29) is 29.9 Å². The van der Waals surface area contributed by atoms with Crippen molar-refractivity contribution in [3.8, 4) is 11.3 Å². The Morgan fingerprint density at radius 3 is 2.55 bits per heavy atom. The van der Waals surface area contributed by atoms with Crippen LogP contribution in [0.5, 0.6) is 0 Å². The SMILES string of the molecule is Cc1cccnc1-c1cn(C2CC(CNc3ccc4c(c3)C(=O)N(C3CCC(=O)NC3=O)C4=O)C2)nc1C1CC1. The minimum absolute atomic E-state index is 0.101. The van der Waals surface area contributed by atoms with Gasteiger partial charge in [0.25, 0.3) is 11.8 Å². The van der Waals surface area contributed by atoms with Crippen LogP contribution in [0.25, 0.3) is 11.3 Å². The number of imide groups is 2. The second kappa shape index (κ2) is 9.39. The Balaban J connectivity index is 0.993. The van der Waals surface area contributed by atoms with E-state index >= 15 is 0 Å². The van der Waals surface area contributed by atoms with E-state index in [0.29, 0.717) is 17.9 Å². The standard InChI is InChI=1S/C30H30N6O4/c1-16-3-2-10-31-26(16)23-15-35(34-27(23)18-4-5-18)20-11-17(12-20)14-32-19-6-7-21-22(13-19)30(40)36(29(21)39)24-8-9-25(37)33-28(24)38/h2-3,6-7,10,13,15,17-18,20,24,32H,4-5,8-9,11-12,14H2,1H3,(H,33,37,38). The fourth-order valence-electron chi connectivity index (χ4n) is 6.13. The molecule has 10 heteroatoms. The summed E-state index contributed by atoms with van der Waals surface area (Å²) in [4.78, 5) is 55.4. The first-order chi connectivity index (χ1) is 19.4. The number of hydrogen-bond acceptors (Lipinski definition) is 7. The molecule has 3 aromatic rings. The number of rotatable bonds is 7. The summed E-state index contributed by atoms with van der Waals surface area (Å²) in [6.07, 6.45) is 8.65. The zero-order valence-electron chi connectivity index (χ0n) is 22.2. The number of carbonyl (C=O) groups is 4. The highest BCUT2D eigenvalue weighted by Crippen LogP contribution is 2.46. The van der Waals surface area contributed by atoms with Gasteiger partial charge in [-0.3, -0.25) is 39.1 Å². The van der Waals surface area contributed by atoms with Crippen molar-refractivity contribution in [2.75, 3.05) is 11.9 Å². The molecule has 4 amide bonds. The van der Waals surface area contributed by atoms with Crippen LogP contribution >= 0.6 is 0 Å². The molecule has 1 aromatic carbocycles. The van der Waals surface area contributed by atoms with Gasteiger partial charge in [0, 0.05) is 42.5 Å². The number of benzene rings is 1. The lowest BCUT2D eigenvalue weighted by molar-refractivity contribution is -0.136. The molecule has 0 bridgehead atoms. The number of carbonyl (C=O) groups excluding carboxylic acids is 4. The molecule has 2 N–H and O–H groups in total. The van der Waals surface area contributed by atoms with E-state index < -0.39 is 23.8 Å². The Labute approximate surface area is 231 Å². The number of aromatic nitrogens is 3. The maximum atomic E-state index is 13.1. The number of pyridine rings is 1. The minimum Gasteiger partial charge on any atom is -0.385 e.